The van der Waals surface area contributed by atoms with Crippen molar-refractivity contribution in [2.24, 2.45) is 5.92 Å². The lowest BCUT2D eigenvalue weighted by molar-refractivity contribution is -0.124. The summed E-state index contributed by atoms with van der Waals surface area (Å²) >= 11 is 13.3. The highest BCUT2D eigenvalue weighted by Gasteiger charge is 2.39. The van der Waals surface area contributed by atoms with Crippen LogP contribution in [0.15, 0.2) is 48.0 Å². The Labute approximate surface area is 186 Å². The number of Topliss-reactive ketones (excluding diaryl/α,β-unsaturated/α-hetero) is 1. The molecule has 1 saturated heterocycles. The van der Waals surface area contributed by atoms with Crippen molar-refractivity contribution in [3.05, 3.63) is 63.0 Å². The van der Waals surface area contributed by atoms with Crippen molar-refractivity contribution >= 4 is 51.9 Å². The summed E-state index contributed by atoms with van der Waals surface area (Å²) in [5.41, 5.74) is 1.82. The maximum Gasteiger partial charge on any atom is 0.227 e. The van der Waals surface area contributed by atoms with Crippen molar-refractivity contribution in [1.82, 2.24) is 9.97 Å². The van der Waals surface area contributed by atoms with Gasteiger partial charge in [-0.25, -0.2) is 4.98 Å². The van der Waals surface area contributed by atoms with Crippen LogP contribution < -0.4 is 4.90 Å². The van der Waals surface area contributed by atoms with Gasteiger partial charge >= 0.3 is 0 Å². The number of hydrogen-bond donors (Lipinski definition) is 0. The van der Waals surface area contributed by atoms with Gasteiger partial charge in [-0.15, -0.1) is 11.3 Å². The molecule has 3 heterocycles. The summed E-state index contributed by atoms with van der Waals surface area (Å²) < 4.78 is 0. The minimum absolute atomic E-state index is 0.0274. The van der Waals surface area contributed by atoms with E-state index in [0.29, 0.717) is 32.1 Å². The molecule has 1 amide bonds. The Morgan fingerprint density at radius 3 is 2.67 bits per heavy atom. The first-order valence-corrected chi connectivity index (χ1v) is 10.7. The number of anilines is 1. The lowest BCUT2D eigenvalue weighted by atomic mass is 9.93. The van der Waals surface area contributed by atoms with Crippen LogP contribution in [0, 0.1) is 17.2 Å². The average molecular weight is 457 g/mol. The van der Waals surface area contributed by atoms with Gasteiger partial charge in [-0.2, -0.15) is 5.26 Å². The van der Waals surface area contributed by atoms with Gasteiger partial charge in [-0.3, -0.25) is 14.6 Å². The summed E-state index contributed by atoms with van der Waals surface area (Å²) in [6.45, 7) is 0.172. The second-order valence-corrected chi connectivity index (χ2v) is 8.55. The quantitative estimate of drug-likeness (QED) is 0.552. The summed E-state index contributed by atoms with van der Waals surface area (Å²) in [4.78, 5) is 35.8. The third-order valence-electron chi connectivity index (χ3n) is 4.80. The molecule has 30 heavy (non-hydrogen) atoms. The predicted molar refractivity (Wildman–Crippen MR) is 116 cm³/mol. The number of amides is 1. The van der Waals surface area contributed by atoms with E-state index in [2.05, 4.69) is 16.0 Å². The van der Waals surface area contributed by atoms with Gasteiger partial charge in [0.2, 0.25) is 5.91 Å². The molecule has 0 N–H and O–H groups in total. The average Bonchev–Trinajstić information content (AvgIpc) is 3.36. The smallest absolute Gasteiger partial charge is 0.227 e. The van der Waals surface area contributed by atoms with Crippen LogP contribution in [-0.2, 0) is 9.59 Å². The summed E-state index contributed by atoms with van der Waals surface area (Å²) in [7, 11) is 0. The van der Waals surface area contributed by atoms with Crippen LogP contribution >= 0.6 is 34.5 Å². The molecule has 0 spiro atoms. The van der Waals surface area contributed by atoms with Crippen LogP contribution in [0.25, 0.3) is 11.4 Å². The zero-order chi connectivity index (χ0) is 21.3. The molecule has 0 bridgehead atoms. The van der Waals surface area contributed by atoms with Crippen molar-refractivity contribution in [2.45, 2.75) is 12.3 Å². The van der Waals surface area contributed by atoms with Gasteiger partial charge < -0.3 is 4.90 Å². The Morgan fingerprint density at radius 2 is 2.00 bits per heavy atom. The summed E-state index contributed by atoms with van der Waals surface area (Å²) in [6.07, 6.45) is 1.68. The van der Waals surface area contributed by atoms with Gasteiger partial charge in [-0.1, -0.05) is 29.3 Å². The zero-order valence-corrected chi connectivity index (χ0v) is 17.8. The van der Waals surface area contributed by atoms with Gasteiger partial charge in [0, 0.05) is 46.2 Å². The molecule has 0 aliphatic carbocycles. The maximum atomic E-state index is 13.1. The fourth-order valence-electron chi connectivity index (χ4n) is 3.37. The number of nitriles is 1. The topological polar surface area (TPSA) is 87.0 Å². The predicted octanol–water partition coefficient (Wildman–Crippen LogP) is 4.74. The van der Waals surface area contributed by atoms with E-state index in [0.717, 1.165) is 0 Å². The molecule has 3 aromatic rings. The van der Waals surface area contributed by atoms with Gasteiger partial charge in [-0.05, 0) is 30.3 Å². The number of ketones is 1. The second kappa shape index (κ2) is 8.52. The summed E-state index contributed by atoms with van der Waals surface area (Å²) in [6, 6.07) is 12.3. The zero-order valence-electron chi connectivity index (χ0n) is 15.5. The third-order valence-corrected chi connectivity index (χ3v) is 6.14. The summed E-state index contributed by atoms with van der Waals surface area (Å²) in [5.74, 6) is -2.17. The molecule has 1 aliphatic rings. The van der Waals surface area contributed by atoms with Crippen LogP contribution in [-0.4, -0.2) is 28.2 Å². The molecule has 1 aromatic carbocycles. The van der Waals surface area contributed by atoms with E-state index in [1.54, 1.807) is 35.8 Å². The van der Waals surface area contributed by atoms with Crippen LogP contribution in [0.4, 0.5) is 5.69 Å². The number of nitrogens with zero attached hydrogens (tertiary/aromatic N) is 4. The number of carbonyl (C=O) groups is 2. The minimum Gasteiger partial charge on any atom is -0.312 e. The number of carbonyl (C=O) groups excluding carboxylic acids is 2. The number of aromatic nitrogens is 2. The minimum atomic E-state index is -1.03. The van der Waals surface area contributed by atoms with E-state index < -0.39 is 11.8 Å². The van der Waals surface area contributed by atoms with E-state index in [4.69, 9.17) is 23.2 Å². The molecule has 150 valence electrons. The third kappa shape index (κ3) is 4.08. The number of benzene rings is 1. The molecule has 1 aliphatic heterocycles. The van der Waals surface area contributed by atoms with E-state index in [1.165, 1.54) is 16.2 Å². The Balaban J connectivity index is 1.54. The molecule has 0 radical (unpaired) electrons. The van der Waals surface area contributed by atoms with Gasteiger partial charge in [0.05, 0.1) is 17.5 Å². The van der Waals surface area contributed by atoms with Crippen molar-refractivity contribution in [3.8, 4) is 17.5 Å². The van der Waals surface area contributed by atoms with E-state index >= 15 is 0 Å². The molecule has 9 heteroatoms. The van der Waals surface area contributed by atoms with Gasteiger partial charge in [0.15, 0.2) is 11.7 Å². The Kier molecular flexibility index (Phi) is 5.82. The molecule has 0 unspecified atom stereocenters. The Morgan fingerprint density at radius 1 is 1.23 bits per heavy atom. The van der Waals surface area contributed by atoms with Gasteiger partial charge in [0.1, 0.15) is 5.01 Å². The number of hydrogen-bond acceptors (Lipinski definition) is 6. The SMILES string of the molecule is N#C[C@H](C(=O)[C@H]1CC(=O)N(c2cc(Cl)cc(Cl)c2)C1)c1nc(-c2ccccn2)cs1. The second-order valence-electron chi connectivity index (χ2n) is 6.78. The normalized spacial score (nSPS) is 17.0. The first kappa shape index (κ1) is 20.5. The first-order chi connectivity index (χ1) is 14.5. The molecule has 2 aromatic heterocycles. The molecule has 1 fully saturated rings. The lowest BCUT2D eigenvalue weighted by Gasteiger charge is -2.17. The molecular formula is C21H14Cl2N4O2S. The van der Waals surface area contributed by atoms with E-state index in [1.807, 2.05) is 12.1 Å². The van der Waals surface area contributed by atoms with Crippen LogP contribution in [0.3, 0.4) is 0 Å². The van der Waals surface area contributed by atoms with Crippen LogP contribution in [0.1, 0.15) is 17.3 Å². The van der Waals surface area contributed by atoms with Crippen molar-refractivity contribution < 1.29 is 9.59 Å². The molecule has 4 rings (SSSR count). The van der Waals surface area contributed by atoms with Crippen LogP contribution in [0.2, 0.25) is 10.0 Å². The number of rotatable bonds is 5. The molecular weight excluding hydrogens is 443 g/mol. The molecule has 6 nitrogen and oxygen atoms in total. The maximum absolute atomic E-state index is 13.1. The Bertz CT molecular complexity index is 1140. The fraction of sp³-hybridized carbons (Fsp3) is 0.190. The highest BCUT2D eigenvalue weighted by atomic mass is 35.5. The fourth-order valence-corrected chi connectivity index (χ4v) is 4.75. The highest BCUT2D eigenvalue weighted by Crippen LogP contribution is 2.34. The largest absolute Gasteiger partial charge is 0.312 e. The molecule has 0 saturated carbocycles. The number of thiazole rings is 1. The van der Waals surface area contributed by atoms with Crippen molar-refractivity contribution in [1.29, 1.82) is 5.26 Å². The van der Waals surface area contributed by atoms with Crippen molar-refractivity contribution in [2.75, 3.05) is 11.4 Å². The first-order valence-electron chi connectivity index (χ1n) is 9.03. The van der Waals surface area contributed by atoms with Crippen LogP contribution in [0.5, 0.6) is 0 Å². The Hall–Kier alpha value is -2.79. The lowest BCUT2D eigenvalue weighted by Crippen LogP contribution is -2.27. The highest BCUT2D eigenvalue weighted by molar-refractivity contribution is 7.10. The molecule has 2 atom stereocenters. The summed E-state index contributed by atoms with van der Waals surface area (Å²) in [5, 5.41) is 12.6. The standard InChI is InChI=1S/C21H14Cl2N4O2S/c22-13-6-14(23)8-15(7-13)27-10-12(5-19(27)28)20(29)16(9-24)21-26-18(11-30-21)17-3-1-2-4-25-17/h1-4,6-8,11-12,16H,5,10H2/t12-,16+/m0/s1. The van der Waals surface area contributed by atoms with Crippen molar-refractivity contribution in [3.63, 3.8) is 0 Å². The van der Waals surface area contributed by atoms with Gasteiger partial charge in [0.25, 0.3) is 0 Å². The number of pyridine rings is 1. The van der Waals surface area contributed by atoms with E-state index in [9.17, 15) is 14.9 Å². The number of halogens is 2. The van der Waals surface area contributed by atoms with E-state index in [-0.39, 0.29) is 24.7 Å². The monoisotopic (exact) mass is 456 g/mol.